The normalized spacial score (nSPS) is 10.6. The van der Waals surface area contributed by atoms with Gasteiger partial charge in [-0.05, 0) is 35.9 Å². The van der Waals surface area contributed by atoms with Crippen LogP contribution in [0, 0.1) is 17.1 Å². The second kappa shape index (κ2) is 4.71. The van der Waals surface area contributed by atoms with Gasteiger partial charge in [-0.25, -0.2) is 4.39 Å². The lowest BCUT2D eigenvalue weighted by Gasteiger charge is -2.07. The number of aromatic nitrogens is 1. The molecule has 3 nitrogen and oxygen atoms in total. The minimum Gasteiger partial charge on any atom is -0.396 e. The molecule has 0 aliphatic heterocycles. The topological polar surface area (TPSA) is 54.7 Å². The number of nitrogens with zero attached hydrogens (tertiary/aromatic N) is 2. The molecule has 0 unspecified atom stereocenters. The van der Waals surface area contributed by atoms with E-state index in [-0.39, 0.29) is 5.69 Å². The molecule has 0 atom stereocenters. The Balaban J connectivity index is 2.03. The third-order valence-corrected chi connectivity index (χ3v) is 3.35. The number of hydrogen-bond donors (Lipinski definition) is 1. The molecule has 0 saturated carbocycles. The van der Waals surface area contributed by atoms with E-state index in [2.05, 4.69) is 6.07 Å². The fourth-order valence-electron chi connectivity index (χ4n) is 2.32. The summed E-state index contributed by atoms with van der Waals surface area (Å²) < 4.78 is 15.5. The van der Waals surface area contributed by atoms with Crippen LogP contribution in [0.4, 0.5) is 10.1 Å². The summed E-state index contributed by atoms with van der Waals surface area (Å²) in [6.45, 7) is 0.537. The van der Waals surface area contributed by atoms with Gasteiger partial charge in [0.05, 0.1) is 17.3 Å². The van der Waals surface area contributed by atoms with Gasteiger partial charge in [-0.15, -0.1) is 0 Å². The van der Waals surface area contributed by atoms with E-state index >= 15 is 0 Å². The van der Waals surface area contributed by atoms with Crippen LogP contribution in [-0.2, 0) is 6.54 Å². The van der Waals surface area contributed by atoms with Crippen LogP contribution in [0.15, 0.2) is 48.7 Å². The van der Waals surface area contributed by atoms with Gasteiger partial charge in [0.15, 0.2) is 0 Å². The maximum atomic E-state index is 13.5. The minimum absolute atomic E-state index is 0.151. The highest BCUT2D eigenvalue weighted by Gasteiger charge is 2.06. The Kier molecular flexibility index (Phi) is 2.88. The van der Waals surface area contributed by atoms with Crippen LogP contribution in [0.5, 0.6) is 0 Å². The molecule has 0 bridgehead atoms. The summed E-state index contributed by atoms with van der Waals surface area (Å²) >= 11 is 0. The lowest BCUT2D eigenvalue weighted by atomic mass is 10.1. The largest absolute Gasteiger partial charge is 0.396 e. The van der Waals surface area contributed by atoms with Crippen molar-refractivity contribution >= 4 is 16.6 Å². The Morgan fingerprint density at radius 3 is 2.80 bits per heavy atom. The van der Waals surface area contributed by atoms with E-state index in [0.717, 1.165) is 16.5 Å². The number of fused-ring (bicyclic) bond motifs is 1. The number of nitrogens with two attached hydrogens (primary N) is 1. The number of hydrogen-bond acceptors (Lipinski definition) is 2. The SMILES string of the molecule is N#Cc1cccc2c1ccn2Cc1ccc(N)c(F)c1. The molecular weight excluding hydrogens is 253 g/mol. The Morgan fingerprint density at radius 1 is 1.20 bits per heavy atom. The highest BCUT2D eigenvalue weighted by molar-refractivity contribution is 5.86. The summed E-state index contributed by atoms with van der Waals surface area (Å²) in [6, 6.07) is 14.5. The third-order valence-electron chi connectivity index (χ3n) is 3.35. The van der Waals surface area contributed by atoms with E-state index < -0.39 is 5.82 Å². The van der Waals surface area contributed by atoms with Crippen molar-refractivity contribution in [3.63, 3.8) is 0 Å². The van der Waals surface area contributed by atoms with Gasteiger partial charge in [0.2, 0.25) is 0 Å². The summed E-state index contributed by atoms with van der Waals surface area (Å²) in [5.74, 6) is -0.406. The van der Waals surface area contributed by atoms with Crippen molar-refractivity contribution in [3.8, 4) is 6.07 Å². The van der Waals surface area contributed by atoms with Gasteiger partial charge in [-0.1, -0.05) is 12.1 Å². The van der Waals surface area contributed by atoms with Gasteiger partial charge in [0, 0.05) is 23.6 Å². The molecule has 0 aliphatic carbocycles. The standard InChI is InChI=1S/C16H12FN3/c17-14-8-11(4-5-15(14)19)10-20-7-6-13-12(9-18)2-1-3-16(13)20/h1-8H,10,19H2. The molecule has 0 fully saturated rings. The molecule has 98 valence electrons. The first kappa shape index (κ1) is 12.2. The van der Waals surface area contributed by atoms with Crippen LogP contribution in [0.3, 0.4) is 0 Å². The first-order valence-corrected chi connectivity index (χ1v) is 6.21. The average molecular weight is 265 g/mol. The van der Waals surface area contributed by atoms with E-state index in [4.69, 9.17) is 11.0 Å². The third kappa shape index (κ3) is 1.99. The van der Waals surface area contributed by atoms with Crippen LogP contribution >= 0.6 is 0 Å². The lowest BCUT2D eigenvalue weighted by Crippen LogP contribution is -2.00. The summed E-state index contributed by atoms with van der Waals surface area (Å²) in [4.78, 5) is 0. The summed E-state index contributed by atoms with van der Waals surface area (Å²) in [5, 5.41) is 9.99. The molecule has 0 aliphatic rings. The summed E-state index contributed by atoms with van der Waals surface area (Å²) in [7, 11) is 0. The Hall–Kier alpha value is -2.80. The molecule has 1 heterocycles. The van der Waals surface area contributed by atoms with E-state index in [0.29, 0.717) is 12.1 Å². The number of halogens is 1. The molecule has 0 spiro atoms. The van der Waals surface area contributed by atoms with Crippen molar-refractivity contribution in [2.75, 3.05) is 5.73 Å². The number of nitriles is 1. The van der Waals surface area contributed by atoms with E-state index in [9.17, 15) is 4.39 Å². The zero-order valence-electron chi connectivity index (χ0n) is 10.7. The van der Waals surface area contributed by atoms with Crippen molar-refractivity contribution < 1.29 is 4.39 Å². The predicted molar refractivity (Wildman–Crippen MR) is 76.6 cm³/mol. The summed E-state index contributed by atoms with van der Waals surface area (Å²) in [5.41, 5.74) is 8.06. The second-order valence-corrected chi connectivity index (χ2v) is 4.65. The van der Waals surface area contributed by atoms with E-state index in [1.54, 1.807) is 18.2 Å². The van der Waals surface area contributed by atoms with Crippen molar-refractivity contribution in [2.24, 2.45) is 0 Å². The molecule has 3 rings (SSSR count). The fraction of sp³-hybridized carbons (Fsp3) is 0.0625. The van der Waals surface area contributed by atoms with Crippen LogP contribution in [-0.4, -0.2) is 4.57 Å². The van der Waals surface area contributed by atoms with Crippen LogP contribution in [0.25, 0.3) is 10.9 Å². The smallest absolute Gasteiger partial charge is 0.146 e. The van der Waals surface area contributed by atoms with Gasteiger partial charge in [0.1, 0.15) is 5.82 Å². The fourth-order valence-corrected chi connectivity index (χ4v) is 2.32. The highest BCUT2D eigenvalue weighted by Crippen LogP contribution is 2.21. The van der Waals surface area contributed by atoms with Gasteiger partial charge in [-0.2, -0.15) is 5.26 Å². The van der Waals surface area contributed by atoms with Crippen molar-refractivity contribution in [1.29, 1.82) is 5.26 Å². The molecule has 2 aromatic carbocycles. The maximum absolute atomic E-state index is 13.5. The molecule has 2 N–H and O–H groups in total. The second-order valence-electron chi connectivity index (χ2n) is 4.65. The van der Waals surface area contributed by atoms with Crippen molar-refractivity contribution in [3.05, 3.63) is 65.6 Å². The van der Waals surface area contributed by atoms with Crippen molar-refractivity contribution in [1.82, 2.24) is 4.57 Å². The average Bonchev–Trinajstić information content (AvgIpc) is 2.86. The number of nitrogen functional groups attached to an aromatic ring is 1. The highest BCUT2D eigenvalue weighted by atomic mass is 19.1. The monoisotopic (exact) mass is 265 g/mol. The number of rotatable bonds is 2. The van der Waals surface area contributed by atoms with Crippen LogP contribution in [0.2, 0.25) is 0 Å². The Morgan fingerprint density at radius 2 is 2.05 bits per heavy atom. The first-order chi connectivity index (χ1) is 9.69. The number of benzene rings is 2. The Labute approximate surface area is 115 Å². The van der Waals surface area contributed by atoms with Crippen LogP contribution in [0.1, 0.15) is 11.1 Å². The van der Waals surface area contributed by atoms with E-state index in [1.807, 2.05) is 29.0 Å². The molecule has 0 radical (unpaired) electrons. The first-order valence-electron chi connectivity index (χ1n) is 6.21. The van der Waals surface area contributed by atoms with Crippen LogP contribution < -0.4 is 5.73 Å². The molecule has 3 aromatic rings. The predicted octanol–water partition coefficient (Wildman–Crippen LogP) is 3.28. The summed E-state index contributed by atoms with van der Waals surface area (Å²) in [6.07, 6.45) is 1.90. The number of anilines is 1. The molecule has 4 heteroatoms. The minimum atomic E-state index is -0.406. The molecule has 1 aromatic heterocycles. The quantitative estimate of drug-likeness (QED) is 0.723. The molecule has 0 amide bonds. The van der Waals surface area contributed by atoms with E-state index in [1.165, 1.54) is 6.07 Å². The van der Waals surface area contributed by atoms with Gasteiger partial charge in [-0.3, -0.25) is 0 Å². The van der Waals surface area contributed by atoms with Crippen molar-refractivity contribution in [2.45, 2.75) is 6.54 Å². The molecular formula is C16H12FN3. The zero-order chi connectivity index (χ0) is 14.1. The Bertz CT molecular complexity index is 827. The zero-order valence-corrected chi connectivity index (χ0v) is 10.7. The molecule has 0 saturated heterocycles. The maximum Gasteiger partial charge on any atom is 0.146 e. The van der Waals surface area contributed by atoms with Gasteiger partial charge < -0.3 is 10.3 Å². The van der Waals surface area contributed by atoms with Gasteiger partial charge >= 0.3 is 0 Å². The van der Waals surface area contributed by atoms with Gasteiger partial charge in [0.25, 0.3) is 0 Å². The molecule has 20 heavy (non-hydrogen) atoms. The lowest BCUT2D eigenvalue weighted by molar-refractivity contribution is 0.628.